The molecule has 10 heteroatoms. The van der Waals surface area contributed by atoms with Crippen LogP contribution in [-0.4, -0.2) is 50.5 Å². The molecule has 8 N–H and O–H groups in total. The molecule has 0 fully saturated rings. The van der Waals surface area contributed by atoms with Crippen molar-refractivity contribution in [1.82, 2.24) is 0 Å². The predicted octanol–water partition coefficient (Wildman–Crippen LogP) is 2.74. The first kappa shape index (κ1) is 29.9. The molecule has 0 rings (SSSR count). The van der Waals surface area contributed by atoms with Crippen LogP contribution in [0.2, 0.25) is 0 Å². The zero-order valence-electron chi connectivity index (χ0n) is 19.1. The standard InChI is InChI=1S/C20H45N2O7P/c1-5-6-7-8-9-10-11-12-13-14-17(16(2)3)28-30(26,27)29-20(25,18(22)15-21)19(4,23)24/h16-18,23-25H,5-15,21-22H2,1-4H3,(H,26,27). The third kappa shape index (κ3) is 11.0. The maximum atomic E-state index is 12.5. The average Bonchev–Trinajstić information content (AvgIpc) is 2.63. The Morgan fingerprint density at radius 1 is 0.967 bits per heavy atom. The van der Waals surface area contributed by atoms with E-state index in [9.17, 15) is 24.8 Å². The van der Waals surface area contributed by atoms with Gasteiger partial charge in [0.25, 0.3) is 0 Å². The predicted molar refractivity (Wildman–Crippen MR) is 117 cm³/mol. The number of phosphoric acid groups is 1. The van der Waals surface area contributed by atoms with Crippen molar-refractivity contribution in [2.45, 2.75) is 116 Å². The average molecular weight is 457 g/mol. The number of aliphatic hydroxyl groups is 3. The topological polar surface area (TPSA) is 168 Å². The van der Waals surface area contributed by atoms with Crippen molar-refractivity contribution in [1.29, 1.82) is 0 Å². The van der Waals surface area contributed by atoms with Crippen LogP contribution in [0.25, 0.3) is 0 Å². The van der Waals surface area contributed by atoms with Crippen molar-refractivity contribution in [2.24, 2.45) is 17.4 Å². The normalized spacial score (nSPS) is 18.8. The second kappa shape index (κ2) is 14.1. The Balaban J connectivity index is 4.68. The van der Waals surface area contributed by atoms with Gasteiger partial charge in [-0.05, 0) is 19.3 Å². The lowest BCUT2D eigenvalue weighted by molar-refractivity contribution is -0.346. The van der Waals surface area contributed by atoms with Crippen LogP contribution >= 0.6 is 7.82 Å². The lowest BCUT2D eigenvalue weighted by Gasteiger charge is -2.41. The van der Waals surface area contributed by atoms with Crippen LogP contribution in [0.15, 0.2) is 0 Å². The highest BCUT2D eigenvalue weighted by Crippen LogP contribution is 2.51. The summed E-state index contributed by atoms with van der Waals surface area (Å²) < 4.78 is 22.5. The van der Waals surface area contributed by atoms with Gasteiger partial charge in [-0.1, -0.05) is 78.6 Å². The summed E-state index contributed by atoms with van der Waals surface area (Å²) in [5, 5.41) is 30.0. The Morgan fingerprint density at radius 3 is 1.83 bits per heavy atom. The van der Waals surface area contributed by atoms with Gasteiger partial charge in [0.15, 0.2) is 0 Å². The molecule has 0 bridgehead atoms. The zero-order valence-corrected chi connectivity index (χ0v) is 20.0. The van der Waals surface area contributed by atoms with E-state index < -0.39 is 38.1 Å². The van der Waals surface area contributed by atoms with Gasteiger partial charge < -0.3 is 31.7 Å². The summed E-state index contributed by atoms with van der Waals surface area (Å²) in [7, 11) is -4.87. The number of hydrogen-bond acceptors (Lipinski definition) is 8. The Hall–Kier alpha value is -0.0900. The number of unbranched alkanes of at least 4 members (excludes halogenated alkanes) is 8. The third-order valence-electron chi connectivity index (χ3n) is 5.29. The summed E-state index contributed by atoms with van der Waals surface area (Å²) in [6.45, 7) is 6.25. The second-order valence-corrected chi connectivity index (χ2v) is 9.95. The second-order valence-electron chi connectivity index (χ2n) is 8.62. The lowest BCUT2D eigenvalue weighted by Crippen LogP contribution is -2.66. The summed E-state index contributed by atoms with van der Waals surface area (Å²) in [4.78, 5) is 10.2. The molecular formula is C20H45N2O7P. The molecule has 0 saturated heterocycles. The van der Waals surface area contributed by atoms with Gasteiger partial charge in [0, 0.05) is 6.54 Å². The molecule has 0 aromatic rings. The highest BCUT2D eigenvalue weighted by molar-refractivity contribution is 7.47. The molecule has 0 aromatic carbocycles. The van der Waals surface area contributed by atoms with E-state index in [-0.39, 0.29) is 5.92 Å². The molecule has 0 spiro atoms. The molecule has 0 radical (unpaired) electrons. The molecule has 0 aliphatic heterocycles. The first-order chi connectivity index (χ1) is 13.8. The van der Waals surface area contributed by atoms with Crippen molar-refractivity contribution in [3.05, 3.63) is 0 Å². The van der Waals surface area contributed by atoms with Crippen LogP contribution in [0.3, 0.4) is 0 Å². The number of phosphoric ester groups is 1. The summed E-state index contributed by atoms with van der Waals surface area (Å²) >= 11 is 0. The number of hydrogen-bond donors (Lipinski definition) is 6. The van der Waals surface area contributed by atoms with Crippen LogP contribution in [0.1, 0.15) is 91.9 Å². The van der Waals surface area contributed by atoms with Gasteiger partial charge in [-0.15, -0.1) is 0 Å². The maximum Gasteiger partial charge on any atom is 0.475 e. The molecule has 0 aliphatic carbocycles. The Bertz CT molecular complexity index is 502. The van der Waals surface area contributed by atoms with Crippen LogP contribution in [0.4, 0.5) is 0 Å². The smallest absolute Gasteiger partial charge is 0.362 e. The molecule has 9 nitrogen and oxygen atoms in total. The van der Waals surface area contributed by atoms with E-state index >= 15 is 0 Å². The van der Waals surface area contributed by atoms with Crippen molar-refractivity contribution < 1.29 is 33.8 Å². The van der Waals surface area contributed by atoms with Crippen LogP contribution < -0.4 is 11.5 Å². The quantitative estimate of drug-likeness (QED) is 0.103. The third-order valence-corrected chi connectivity index (χ3v) is 6.34. The van der Waals surface area contributed by atoms with Crippen LogP contribution in [0.5, 0.6) is 0 Å². The fourth-order valence-corrected chi connectivity index (χ4v) is 4.59. The number of nitrogens with two attached hydrogens (primary N) is 2. The summed E-state index contributed by atoms with van der Waals surface area (Å²) in [5.74, 6) is -6.00. The van der Waals surface area contributed by atoms with Gasteiger partial charge in [0.1, 0.15) is 0 Å². The molecule has 0 aliphatic rings. The maximum absolute atomic E-state index is 12.5. The molecule has 30 heavy (non-hydrogen) atoms. The monoisotopic (exact) mass is 456 g/mol. The van der Waals surface area contributed by atoms with Gasteiger partial charge in [0.05, 0.1) is 12.1 Å². The van der Waals surface area contributed by atoms with E-state index in [1.165, 1.54) is 38.5 Å². The Kier molecular flexibility index (Phi) is 14.1. The molecular weight excluding hydrogens is 411 g/mol. The SMILES string of the molecule is CCCCCCCCCCCC(OP(=O)(O)OC(O)(C(N)CN)C(C)(O)O)C(C)C. The molecule has 0 amide bonds. The van der Waals surface area contributed by atoms with E-state index in [1.54, 1.807) is 0 Å². The van der Waals surface area contributed by atoms with E-state index in [0.717, 1.165) is 26.2 Å². The molecule has 0 saturated carbocycles. The van der Waals surface area contributed by atoms with Gasteiger partial charge in [-0.3, -0.25) is 4.52 Å². The first-order valence-electron chi connectivity index (χ1n) is 11.2. The Morgan fingerprint density at radius 2 is 1.43 bits per heavy atom. The van der Waals surface area contributed by atoms with E-state index in [0.29, 0.717) is 6.42 Å². The molecule has 0 heterocycles. The number of rotatable bonds is 18. The summed E-state index contributed by atoms with van der Waals surface area (Å²) in [6.07, 6.45) is 10.3. The first-order valence-corrected chi connectivity index (χ1v) is 12.6. The summed E-state index contributed by atoms with van der Waals surface area (Å²) in [5.41, 5.74) is 11.0. The van der Waals surface area contributed by atoms with Crippen LogP contribution in [0, 0.1) is 5.92 Å². The van der Waals surface area contributed by atoms with Gasteiger partial charge in [-0.25, -0.2) is 9.09 Å². The highest BCUT2D eigenvalue weighted by atomic mass is 31.2. The van der Waals surface area contributed by atoms with Crippen molar-refractivity contribution in [3.63, 3.8) is 0 Å². The minimum absolute atomic E-state index is 0.0889. The van der Waals surface area contributed by atoms with Gasteiger partial charge in [-0.2, -0.15) is 0 Å². The molecule has 182 valence electrons. The van der Waals surface area contributed by atoms with E-state index in [1.807, 2.05) is 13.8 Å². The fraction of sp³-hybridized carbons (Fsp3) is 1.00. The van der Waals surface area contributed by atoms with Gasteiger partial charge in [0.2, 0.25) is 11.6 Å². The van der Waals surface area contributed by atoms with Crippen molar-refractivity contribution in [2.75, 3.05) is 6.54 Å². The molecule has 4 atom stereocenters. The zero-order chi connectivity index (χ0) is 23.4. The Labute approximate surface area is 181 Å². The molecule has 4 unspecified atom stereocenters. The largest absolute Gasteiger partial charge is 0.475 e. The van der Waals surface area contributed by atoms with Crippen molar-refractivity contribution >= 4 is 7.82 Å². The fourth-order valence-electron chi connectivity index (χ4n) is 3.20. The minimum atomic E-state index is -4.87. The van der Waals surface area contributed by atoms with E-state index in [2.05, 4.69) is 6.92 Å². The van der Waals surface area contributed by atoms with Crippen molar-refractivity contribution in [3.8, 4) is 0 Å². The van der Waals surface area contributed by atoms with E-state index in [4.69, 9.17) is 20.5 Å². The van der Waals surface area contributed by atoms with Crippen LogP contribution in [-0.2, 0) is 13.6 Å². The summed E-state index contributed by atoms with van der Waals surface area (Å²) in [6, 6.07) is -1.53. The molecule has 0 aromatic heterocycles. The minimum Gasteiger partial charge on any atom is -0.362 e. The van der Waals surface area contributed by atoms with Gasteiger partial charge >= 0.3 is 7.82 Å². The highest BCUT2D eigenvalue weighted by Gasteiger charge is 2.55. The lowest BCUT2D eigenvalue weighted by atomic mass is 10.00.